The number of hydrogen-bond acceptors (Lipinski definition) is 6. The fourth-order valence-corrected chi connectivity index (χ4v) is 3.44. The van der Waals surface area contributed by atoms with Gasteiger partial charge in [-0.1, -0.05) is 11.6 Å². The first kappa shape index (κ1) is 23.5. The van der Waals surface area contributed by atoms with Crippen LogP contribution in [0.3, 0.4) is 0 Å². The maximum atomic E-state index is 13.3. The van der Waals surface area contributed by atoms with E-state index >= 15 is 0 Å². The van der Waals surface area contributed by atoms with E-state index in [2.05, 4.69) is 30.9 Å². The second-order valence-electron chi connectivity index (χ2n) is 7.93. The molecule has 8 nitrogen and oxygen atoms in total. The lowest BCUT2D eigenvalue weighted by molar-refractivity contribution is -0.124. The molecular weight excluding hydrogens is 466 g/mol. The summed E-state index contributed by atoms with van der Waals surface area (Å²) in [6.45, 7) is 1.86. The van der Waals surface area contributed by atoms with Crippen molar-refractivity contribution in [3.8, 4) is 0 Å². The van der Waals surface area contributed by atoms with Crippen molar-refractivity contribution in [3.05, 3.63) is 76.6 Å². The van der Waals surface area contributed by atoms with Crippen molar-refractivity contribution in [2.75, 3.05) is 5.32 Å². The standard InChI is InChI=1S/C23H21ClF2N6O2/c1-13-27-9-14(10-28-13)21(33)32-23(6-7-23)22(34)30-11-16-3-4-17(12-29-16)31-19-5-2-15(24)8-18(19)20(25)26/h2-5,8-10,12,20,31H,6-7,11H2,1H3,(H,30,34)(H,32,33). The van der Waals surface area contributed by atoms with Crippen LogP contribution in [0.4, 0.5) is 20.2 Å². The van der Waals surface area contributed by atoms with Crippen molar-refractivity contribution < 1.29 is 18.4 Å². The molecule has 0 atom stereocenters. The van der Waals surface area contributed by atoms with Crippen LogP contribution in [0.1, 0.15) is 46.7 Å². The number of alkyl halides is 2. The number of pyridine rings is 1. The summed E-state index contributed by atoms with van der Waals surface area (Å²) in [4.78, 5) is 37.3. The third-order valence-corrected chi connectivity index (χ3v) is 5.60. The van der Waals surface area contributed by atoms with E-state index in [9.17, 15) is 18.4 Å². The predicted molar refractivity (Wildman–Crippen MR) is 122 cm³/mol. The smallest absolute Gasteiger partial charge is 0.265 e. The van der Waals surface area contributed by atoms with Crippen molar-refractivity contribution in [1.29, 1.82) is 0 Å². The number of nitrogens with one attached hydrogen (secondary N) is 3. The number of aryl methyl sites for hydroxylation is 1. The molecule has 3 N–H and O–H groups in total. The van der Waals surface area contributed by atoms with Gasteiger partial charge in [0.05, 0.1) is 29.7 Å². The Morgan fingerprint density at radius 2 is 1.82 bits per heavy atom. The summed E-state index contributed by atoms with van der Waals surface area (Å²) in [5.74, 6) is -0.168. The molecule has 0 saturated heterocycles. The minimum atomic E-state index is -2.68. The number of halogens is 3. The first-order valence-corrected chi connectivity index (χ1v) is 10.8. The number of nitrogens with zero attached hydrogens (tertiary/aromatic N) is 3. The Kier molecular flexibility index (Phi) is 6.69. The van der Waals surface area contributed by atoms with Crippen molar-refractivity contribution in [2.24, 2.45) is 0 Å². The van der Waals surface area contributed by atoms with Gasteiger partial charge in [0.1, 0.15) is 11.4 Å². The molecule has 0 unspecified atom stereocenters. The maximum absolute atomic E-state index is 13.3. The third kappa shape index (κ3) is 5.45. The van der Waals surface area contributed by atoms with Gasteiger partial charge in [-0.25, -0.2) is 18.7 Å². The van der Waals surface area contributed by atoms with Crippen LogP contribution < -0.4 is 16.0 Å². The molecule has 2 amide bonds. The average molecular weight is 487 g/mol. The molecule has 2 aromatic heterocycles. The van der Waals surface area contributed by atoms with Crippen molar-refractivity contribution >= 4 is 34.8 Å². The van der Waals surface area contributed by atoms with Gasteiger partial charge in [-0.05, 0) is 50.1 Å². The monoisotopic (exact) mass is 486 g/mol. The summed E-state index contributed by atoms with van der Waals surface area (Å²) in [6, 6.07) is 7.55. The lowest BCUT2D eigenvalue weighted by atomic mass is 10.1. The molecule has 0 aliphatic heterocycles. The van der Waals surface area contributed by atoms with Crippen LogP contribution in [-0.2, 0) is 11.3 Å². The maximum Gasteiger partial charge on any atom is 0.265 e. The summed E-state index contributed by atoms with van der Waals surface area (Å²) in [5.41, 5.74) is 0.420. The average Bonchev–Trinajstić information content (AvgIpc) is 3.60. The number of aromatic nitrogens is 3. The zero-order chi connectivity index (χ0) is 24.3. The molecule has 1 aliphatic rings. The molecule has 0 bridgehead atoms. The SMILES string of the molecule is Cc1ncc(C(=O)NC2(C(=O)NCc3ccc(Nc4ccc(Cl)cc4C(F)F)cn3)CC2)cn1. The van der Waals surface area contributed by atoms with Crippen LogP contribution in [0.15, 0.2) is 48.9 Å². The van der Waals surface area contributed by atoms with Crippen LogP contribution in [-0.4, -0.2) is 32.3 Å². The highest BCUT2D eigenvalue weighted by atomic mass is 35.5. The highest BCUT2D eigenvalue weighted by Gasteiger charge is 2.51. The first-order valence-electron chi connectivity index (χ1n) is 10.4. The van der Waals surface area contributed by atoms with E-state index in [0.29, 0.717) is 30.0 Å². The fourth-order valence-electron chi connectivity index (χ4n) is 3.26. The highest BCUT2D eigenvalue weighted by Crippen LogP contribution is 2.36. The van der Waals surface area contributed by atoms with E-state index in [1.54, 1.807) is 19.1 Å². The van der Waals surface area contributed by atoms with E-state index in [-0.39, 0.29) is 34.3 Å². The minimum Gasteiger partial charge on any atom is -0.354 e. The summed E-state index contributed by atoms with van der Waals surface area (Å²) in [6.07, 6.45) is 2.69. The van der Waals surface area contributed by atoms with E-state index in [4.69, 9.17) is 11.6 Å². The Labute approximate surface area is 199 Å². The quantitative estimate of drug-likeness (QED) is 0.442. The van der Waals surface area contributed by atoms with Gasteiger partial charge < -0.3 is 16.0 Å². The zero-order valence-electron chi connectivity index (χ0n) is 18.1. The van der Waals surface area contributed by atoms with Gasteiger partial charge in [0, 0.05) is 28.7 Å². The van der Waals surface area contributed by atoms with Crippen LogP contribution in [0, 0.1) is 6.92 Å². The lowest BCUT2D eigenvalue weighted by Gasteiger charge is -2.17. The zero-order valence-corrected chi connectivity index (χ0v) is 18.9. The molecule has 0 spiro atoms. The van der Waals surface area contributed by atoms with Gasteiger partial charge in [0.2, 0.25) is 5.91 Å². The molecule has 3 aromatic rings. The molecule has 176 valence electrons. The molecule has 1 aromatic carbocycles. The van der Waals surface area contributed by atoms with Gasteiger partial charge in [-0.2, -0.15) is 0 Å². The molecule has 1 saturated carbocycles. The van der Waals surface area contributed by atoms with E-state index in [0.717, 1.165) is 0 Å². The van der Waals surface area contributed by atoms with Gasteiger partial charge in [0.25, 0.3) is 12.3 Å². The van der Waals surface area contributed by atoms with Gasteiger partial charge in [-0.15, -0.1) is 0 Å². The largest absolute Gasteiger partial charge is 0.354 e. The Balaban J connectivity index is 1.33. The molecular formula is C23H21ClF2N6O2. The minimum absolute atomic E-state index is 0.146. The summed E-state index contributed by atoms with van der Waals surface area (Å²) in [7, 11) is 0. The number of amides is 2. The molecule has 34 heavy (non-hydrogen) atoms. The lowest BCUT2D eigenvalue weighted by Crippen LogP contribution is -2.48. The number of anilines is 2. The van der Waals surface area contributed by atoms with Crippen LogP contribution in [0.2, 0.25) is 5.02 Å². The number of hydrogen-bond donors (Lipinski definition) is 3. The molecule has 4 rings (SSSR count). The van der Waals surface area contributed by atoms with E-state index in [1.807, 2.05) is 0 Å². The second-order valence-corrected chi connectivity index (χ2v) is 8.37. The van der Waals surface area contributed by atoms with Crippen LogP contribution >= 0.6 is 11.6 Å². The fraction of sp³-hybridized carbons (Fsp3) is 0.261. The number of carbonyl (C=O) groups excluding carboxylic acids is 2. The Bertz CT molecular complexity index is 1200. The summed E-state index contributed by atoms with van der Waals surface area (Å²) in [5, 5.41) is 8.67. The first-order chi connectivity index (χ1) is 16.3. The number of carbonyl (C=O) groups is 2. The molecule has 1 fully saturated rings. The number of rotatable bonds is 8. The molecule has 2 heterocycles. The summed E-state index contributed by atoms with van der Waals surface area (Å²) >= 11 is 5.81. The molecule has 11 heteroatoms. The van der Waals surface area contributed by atoms with E-state index in [1.165, 1.54) is 36.8 Å². The Hall–Kier alpha value is -3.66. The predicted octanol–water partition coefficient (Wildman–Crippen LogP) is 4.09. The highest BCUT2D eigenvalue weighted by molar-refractivity contribution is 6.30. The summed E-state index contributed by atoms with van der Waals surface area (Å²) < 4.78 is 26.5. The third-order valence-electron chi connectivity index (χ3n) is 5.36. The van der Waals surface area contributed by atoms with Crippen molar-refractivity contribution in [2.45, 2.75) is 38.3 Å². The number of benzene rings is 1. The van der Waals surface area contributed by atoms with Gasteiger partial charge >= 0.3 is 0 Å². The Morgan fingerprint density at radius 3 is 2.44 bits per heavy atom. The van der Waals surface area contributed by atoms with Crippen molar-refractivity contribution in [1.82, 2.24) is 25.6 Å². The van der Waals surface area contributed by atoms with Crippen LogP contribution in [0.25, 0.3) is 0 Å². The normalized spacial score (nSPS) is 13.9. The van der Waals surface area contributed by atoms with Crippen LogP contribution in [0.5, 0.6) is 0 Å². The second kappa shape index (κ2) is 9.68. The molecule has 1 aliphatic carbocycles. The topological polar surface area (TPSA) is 109 Å². The van der Waals surface area contributed by atoms with Crippen molar-refractivity contribution in [3.63, 3.8) is 0 Å². The van der Waals surface area contributed by atoms with Gasteiger partial charge in [-0.3, -0.25) is 14.6 Å². The van der Waals surface area contributed by atoms with Gasteiger partial charge in [0.15, 0.2) is 0 Å². The Morgan fingerprint density at radius 1 is 1.09 bits per heavy atom. The molecule has 0 radical (unpaired) electrons. The van der Waals surface area contributed by atoms with E-state index < -0.39 is 17.9 Å².